The molecule has 0 aliphatic heterocycles. The summed E-state index contributed by atoms with van der Waals surface area (Å²) in [6.45, 7) is 0. The molecule has 0 bridgehead atoms. The Hall–Kier alpha value is 22.1. The molecular formula is H3PV37. The van der Waals surface area contributed by atoms with Gasteiger partial charge in [0, 0.05) is 687 Å². The molecule has 0 nitrogen and oxygen atoms in total. The summed E-state index contributed by atoms with van der Waals surface area (Å²) in [7, 11) is 0. The van der Waals surface area contributed by atoms with Crippen LogP contribution in [0.15, 0.2) is 0 Å². The van der Waals surface area contributed by atoms with Crippen molar-refractivity contribution in [1.29, 1.82) is 0 Å². The van der Waals surface area contributed by atoms with E-state index in [1.165, 1.54) is 0 Å². The molecule has 193 valence electrons. The molecule has 0 fully saturated rings. The van der Waals surface area contributed by atoms with Crippen LogP contribution in [-0.2, 0) is 687 Å². The molecule has 0 heterocycles. The summed E-state index contributed by atoms with van der Waals surface area (Å²) < 4.78 is 0. The van der Waals surface area contributed by atoms with E-state index in [1.54, 1.807) is 0 Å². The molecule has 38 heteroatoms. The van der Waals surface area contributed by atoms with Gasteiger partial charge in [-0.25, -0.2) is 0 Å². The number of rotatable bonds is 0. The average Bonchev–Trinajstić information content (AvgIpc) is 0. The van der Waals surface area contributed by atoms with Crippen LogP contribution in [0.4, 0.5) is 0 Å². The predicted octanol–water partition coefficient (Wildman–Crippen LogP) is -0.0344. The second-order valence-electron chi connectivity index (χ2n) is 0. The van der Waals surface area contributed by atoms with Crippen molar-refractivity contribution < 1.29 is 687 Å². The predicted molar refractivity (Wildman–Crippen MR) is 11.1 cm³/mol. The van der Waals surface area contributed by atoms with Crippen LogP contribution in [0.25, 0.3) is 0 Å². The summed E-state index contributed by atoms with van der Waals surface area (Å²) >= 11 is 0. The summed E-state index contributed by atoms with van der Waals surface area (Å²) in [6, 6.07) is 0. The van der Waals surface area contributed by atoms with Crippen LogP contribution in [0, 0.1) is 0 Å². The minimum atomic E-state index is 0. The fraction of sp³-hybridized carbons (Fsp3) is 0. The molecule has 0 aliphatic carbocycles. The maximum atomic E-state index is 0. The summed E-state index contributed by atoms with van der Waals surface area (Å²) in [5.41, 5.74) is 0. The van der Waals surface area contributed by atoms with Crippen LogP contribution < -0.4 is 0 Å². The molecule has 1 unspecified atom stereocenters. The molecule has 0 aromatic carbocycles. The van der Waals surface area contributed by atoms with Crippen molar-refractivity contribution >= 4 is 9.90 Å². The van der Waals surface area contributed by atoms with Crippen LogP contribution in [0.1, 0.15) is 0 Å². The van der Waals surface area contributed by atoms with Crippen molar-refractivity contribution in [2.75, 3.05) is 0 Å². The van der Waals surface area contributed by atoms with Crippen LogP contribution in [0.2, 0.25) is 0 Å². The van der Waals surface area contributed by atoms with E-state index in [2.05, 4.69) is 0 Å². The van der Waals surface area contributed by atoms with Gasteiger partial charge >= 0.3 is 0 Å². The molecule has 0 saturated carbocycles. The molecule has 0 aromatic rings. The summed E-state index contributed by atoms with van der Waals surface area (Å²) in [4.78, 5) is 0. The van der Waals surface area contributed by atoms with Gasteiger partial charge in [-0.2, -0.15) is 9.90 Å². The van der Waals surface area contributed by atoms with E-state index >= 15 is 0 Å². The first-order valence-corrected chi connectivity index (χ1v) is 0. The van der Waals surface area contributed by atoms with Gasteiger partial charge in [0.25, 0.3) is 0 Å². The largest absolute Gasteiger partial charge is 0.153 e. The van der Waals surface area contributed by atoms with Crippen molar-refractivity contribution in [3.05, 3.63) is 0 Å². The van der Waals surface area contributed by atoms with Crippen molar-refractivity contribution in [1.82, 2.24) is 0 Å². The third kappa shape index (κ3) is 389. The molecule has 0 N–H and O–H groups in total. The van der Waals surface area contributed by atoms with E-state index in [9.17, 15) is 0 Å². The van der Waals surface area contributed by atoms with Gasteiger partial charge in [0.05, 0.1) is 0 Å². The fourth-order valence-corrected chi connectivity index (χ4v) is 0. The monoisotopic (exact) mass is 1920 g/mol. The van der Waals surface area contributed by atoms with Gasteiger partial charge in [-0.1, -0.05) is 0 Å². The Morgan fingerprint density at radius 3 is 0.0526 bits per heavy atom. The van der Waals surface area contributed by atoms with E-state index in [-0.39, 0.29) is 696 Å². The normalized spacial score (nSPS) is 0. The van der Waals surface area contributed by atoms with Gasteiger partial charge in [-0.3, -0.25) is 0 Å². The maximum Gasteiger partial charge on any atom is 0 e. The molecule has 37 radical (unpaired) electrons. The smallest absolute Gasteiger partial charge is 0 e. The molecule has 0 aliphatic rings. The van der Waals surface area contributed by atoms with Crippen molar-refractivity contribution in [3.63, 3.8) is 0 Å². The molecule has 0 spiro atoms. The molecule has 38 heavy (non-hydrogen) atoms. The Labute approximate surface area is 677 Å². The zero-order chi connectivity index (χ0) is 0. The minimum absolute atomic E-state index is 0. The topological polar surface area (TPSA) is 0 Å². The third-order valence-corrected chi connectivity index (χ3v) is 0. The van der Waals surface area contributed by atoms with E-state index in [0.717, 1.165) is 0 Å². The van der Waals surface area contributed by atoms with Crippen LogP contribution in [0.5, 0.6) is 0 Å². The van der Waals surface area contributed by atoms with Gasteiger partial charge in [-0.15, -0.1) is 0 Å². The summed E-state index contributed by atoms with van der Waals surface area (Å²) in [5.74, 6) is 0. The minimum Gasteiger partial charge on any atom is -0.153 e. The van der Waals surface area contributed by atoms with E-state index < -0.39 is 0 Å². The van der Waals surface area contributed by atoms with Gasteiger partial charge in [-0.05, 0) is 0 Å². The van der Waals surface area contributed by atoms with Crippen molar-refractivity contribution in [2.24, 2.45) is 0 Å². The van der Waals surface area contributed by atoms with Gasteiger partial charge in [0.2, 0.25) is 0 Å². The Morgan fingerprint density at radius 2 is 0.0526 bits per heavy atom. The number of hydrogen-bond donors (Lipinski definition) is 0. The molecule has 0 amide bonds. The Bertz CT molecular complexity index is 6.67. The second-order valence-corrected chi connectivity index (χ2v) is 0. The molecule has 0 saturated heterocycles. The quantitative estimate of drug-likeness (QED) is 0.300. The summed E-state index contributed by atoms with van der Waals surface area (Å²) in [6.07, 6.45) is 0. The zero-order valence-corrected chi connectivity index (χ0v) is 70.3. The zero-order valence-electron chi connectivity index (χ0n) is 17.3. The first-order valence-electron chi connectivity index (χ1n) is 0. The molecule has 0 aromatic heterocycles. The van der Waals surface area contributed by atoms with Crippen molar-refractivity contribution in [2.45, 2.75) is 0 Å². The van der Waals surface area contributed by atoms with Gasteiger partial charge in [0.15, 0.2) is 0 Å². The van der Waals surface area contributed by atoms with Crippen LogP contribution >= 0.6 is 9.90 Å². The maximum absolute atomic E-state index is 0. The average molecular weight is 1920 g/mol. The van der Waals surface area contributed by atoms with Crippen molar-refractivity contribution in [3.8, 4) is 0 Å². The first-order chi connectivity index (χ1) is 0. The molecule has 0 rings (SSSR count). The van der Waals surface area contributed by atoms with Crippen LogP contribution in [0.3, 0.4) is 0 Å². The summed E-state index contributed by atoms with van der Waals surface area (Å²) in [5, 5.41) is 0. The second kappa shape index (κ2) is 409. The number of hydrogen-bond acceptors (Lipinski definition) is 0. The van der Waals surface area contributed by atoms with Crippen LogP contribution in [-0.4, -0.2) is 0 Å². The fourth-order valence-electron chi connectivity index (χ4n) is 0. The van der Waals surface area contributed by atoms with E-state index in [1.807, 2.05) is 0 Å². The van der Waals surface area contributed by atoms with E-state index in [0.29, 0.717) is 0 Å². The standard InChI is InChI=1S/H3P.37V/h1H3;;;;;;;;;;;;;;;;;;;;;;;;;;;;;;;;;;;;;. The molecule has 1 atom stereocenters. The van der Waals surface area contributed by atoms with E-state index in [4.69, 9.17) is 0 Å². The SMILES string of the molecule is P.[V].[V].[V].[V].[V].[V].[V].[V].[V].[V].[V].[V].[V].[V].[V].[V].[V].[V].[V].[V].[V].[V].[V].[V].[V].[V].[V].[V].[V].[V].[V].[V].[V].[V].[V].[V].[V]. The Morgan fingerprint density at radius 1 is 0.0526 bits per heavy atom. The molecular weight excluding hydrogens is 1920 g/mol. The Balaban J connectivity index is 0. The first kappa shape index (κ1) is 431. The Kier molecular flexibility index (Phi) is 4640. The third-order valence-electron chi connectivity index (χ3n) is 0. The van der Waals surface area contributed by atoms with Gasteiger partial charge < -0.3 is 0 Å². The van der Waals surface area contributed by atoms with Gasteiger partial charge in [0.1, 0.15) is 0 Å².